The van der Waals surface area contributed by atoms with Crippen LogP contribution in [0.15, 0.2) is 23.1 Å². The molecular formula is C14H16O2S. The largest absolute Gasteiger partial charge is 0.481 e. The van der Waals surface area contributed by atoms with Crippen molar-refractivity contribution in [3.05, 3.63) is 29.3 Å². The number of hydrogen-bond acceptors (Lipinski definition) is 2. The Balaban J connectivity index is 2.10. The quantitative estimate of drug-likeness (QED) is 0.873. The second kappa shape index (κ2) is 3.77. The molecule has 17 heavy (non-hydrogen) atoms. The van der Waals surface area contributed by atoms with Gasteiger partial charge in [-0.3, -0.25) is 4.79 Å². The minimum absolute atomic E-state index is 0.581. The molecular weight excluding hydrogens is 232 g/mol. The molecule has 3 heteroatoms. The lowest BCUT2D eigenvalue weighted by Crippen LogP contribution is -2.42. The van der Waals surface area contributed by atoms with Crippen LogP contribution in [-0.4, -0.2) is 16.3 Å². The van der Waals surface area contributed by atoms with Crippen molar-refractivity contribution in [3.63, 3.8) is 0 Å². The summed E-state index contributed by atoms with van der Waals surface area (Å²) in [5, 5.41) is 10.1. The van der Waals surface area contributed by atoms with E-state index in [0.717, 1.165) is 31.2 Å². The first-order chi connectivity index (χ1) is 8.13. The molecule has 0 aromatic heterocycles. The molecule has 90 valence electrons. The summed E-state index contributed by atoms with van der Waals surface area (Å²) >= 11 is 1.85. The van der Waals surface area contributed by atoms with E-state index in [-0.39, 0.29) is 0 Å². The third-order valence-corrected chi connectivity index (χ3v) is 5.34. The van der Waals surface area contributed by atoms with Crippen molar-refractivity contribution in [1.82, 2.24) is 0 Å². The molecule has 0 radical (unpaired) electrons. The topological polar surface area (TPSA) is 37.3 Å². The van der Waals surface area contributed by atoms with Crippen LogP contribution >= 0.6 is 11.8 Å². The second-order valence-corrected chi connectivity index (χ2v) is 6.62. The van der Waals surface area contributed by atoms with Gasteiger partial charge in [-0.2, -0.15) is 0 Å². The first-order valence-electron chi connectivity index (χ1n) is 6.16. The summed E-state index contributed by atoms with van der Waals surface area (Å²) in [4.78, 5) is 12.8. The second-order valence-electron chi connectivity index (χ2n) is 5.17. The number of hydrogen-bond donors (Lipinski definition) is 1. The van der Waals surface area contributed by atoms with Crippen molar-refractivity contribution in [2.24, 2.45) is 0 Å². The van der Waals surface area contributed by atoms with Crippen molar-refractivity contribution >= 4 is 17.7 Å². The molecule has 1 aromatic carbocycles. The third kappa shape index (κ3) is 1.52. The first-order valence-corrected chi connectivity index (χ1v) is 7.04. The summed E-state index contributed by atoms with van der Waals surface area (Å²) in [6, 6.07) is 6.19. The van der Waals surface area contributed by atoms with Crippen molar-refractivity contribution in [2.75, 3.05) is 0 Å². The standard InChI is InChI=1S/C14H16O2S/c1-9-8-10-4-2-5-11(12(10)17-9)14(13(15)16)6-3-7-14/h2,4-5,9H,3,6-8H2,1H3,(H,15,16). The number of rotatable bonds is 2. The molecule has 2 nitrogen and oxygen atoms in total. The number of carboxylic acid groups (broad SMARTS) is 1. The molecule has 1 aromatic rings. The van der Waals surface area contributed by atoms with Gasteiger partial charge in [-0.15, -0.1) is 11.8 Å². The van der Waals surface area contributed by atoms with Gasteiger partial charge in [-0.25, -0.2) is 0 Å². The van der Waals surface area contributed by atoms with Crippen LogP contribution in [0.25, 0.3) is 0 Å². The Hall–Kier alpha value is -0.960. The van der Waals surface area contributed by atoms with Crippen molar-refractivity contribution in [2.45, 2.75) is 48.2 Å². The summed E-state index contributed by atoms with van der Waals surface area (Å²) in [6.07, 6.45) is 3.71. The zero-order chi connectivity index (χ0) is 12.0. The van der Waals surface area contributed by atoms with E-state index in [1.165, 1.54) is 10.5 Å². The van der Waals surface area contributed by atoms with Gasteiger partial charge in [0, 0.05) is 10.1 Å². The van der Waals surface area contributed by atoms with Gasteiger partial charge in [0.15, 0.2) is 0 Å². The Morgan fingerprint density at radius 1 is 1.47 bits per heavy atom. The Morgan fingerprint density at radius 2 is 2.24 bits per heavy atom. The minimum atomic E-state index is -0.641. The van der Waals surface area contributed by atoms with Crippen molar-refractivity contribution in [3.8, 4) is 0 Å². The lowest BCUT2D eigenvalue weighted by Gasteiger charge is -2.39. The van der Waals surface area contributed by atoms with Crippen LogP contribution in [0.1, 0.15) is 37.3 Å². The lowest BCUT2D eigenvalue weighted by atomic mass is 9.64. The van der Waals surface area contributed by atoms with Gasteiger partial charge in [0.1, 0.15) is 0 Å². The predicted molar refractivity (Wildman–Crippen MR) is 68.6 cm³/mol. The van der Waals surface area contributed by atoms with Gasteiger partial charge in [-0.1, -0.05) is 31.5 Å². The van der Waals surface area contributed by atoms with Crippen LogP contribution in [0.2, 0.25) is 0 Å². The van der Waals surface area contributed by atoms with Crippen molar-refractivity contribution in [1.29, 1.82) is 0 Å². The fourth-order valence-electron chi connectivity index (χ4n) is 2.94. The molecule has 1 unspecified atom stereocenters. The van der Waals surface area contributed by atoms with E-state index in [1.54, 1.807) is 0 Å². The maximum Gasteiger partial charge on any atom is 0.314 e. The average Bonchev–Trinajstić information content (AvgIpc) is 2.56. The monoisotopic (exact) mass is 248 g/mol. The lowest BCUT2D eigenvalue weighted by molar-refractivity contribution is -0.147. The van der Waals surface area contributed by atoms with Gasteiger partial charge in [0.05, 0.1) is 5.41 Å². The number of fused-ring (bicyclic) bond motifs is 1. The zero-order valence-corrected chi connectivity index (χ0v) is 10.7. The van der Waals surface area contributed by atoms with E-state index in [1.807, 2.05) is 23.9 Å². The van der Waals surface area contributed by atoms with Crippen LogP contribution in [0.5, 0.6) is 0 Å². The molecule has 1 aliphatic carbocycles. The van der Waals surface area contributed by atoms with E-state index in [2.05, 4.69) is 13.0 Å². The Morgan fingerprint density at radius 3 is 2.82 bits per heavy atom. The summed E-state index contributed by atoms with van der Waals surface area (Å²) in [6.45, 7) is 2.21. The van der Waals surface area contributed by atoms with E-state index in [4.69, 9.17) is 0 Å². The SMILES string of the molecule is CC1Cc2cccc(C3(C(=O)O)CCC3)c2S1. The van der Waals surface area contributed by atoms with Crippen LogP contribution in [0.4, 0.5) is 0 Å². The number of aliphatic carboxylic acids is 1. The molecule has 0 spiro atoms. The Labute approximate surface area is 105 Å². The van der Waals surface area contributed by atoms with E-state index in [9.17, 15) is 9.90 Å². The molecule has 1 aliphatic heterocycles. The molecule has 0 bridgehead atoms. The molecule has 2 aliphatic rings. The molecule has 3 rings (SSSR count). The molecule has 1 saturated carbocycles. The highest BCUT2D eigenvalue weighted by atomic mass is 32.2. The fraction of sp³-hybridized carbons (Fsp3) is 0.500. The summed E-state index contributed by atoms with van der Waals surface area (Å²) < 4.78 is 0. The highest BCUT2D eigenvalue weighted by Gasteiger charge is 2.48. The highest BCUT2D eigenvalue weighted by molar-refractivity contribution is 8.00. The van der Waals surface area contributed by atoms with E-state index >= 15 is 0 Å². The van der Waals surface area contributed by atoms with Gasteiger partial charge >= 0.3 is 5.97 Å². The van der Waals surface area contributed by atoms with Crippen molar-refractivity contribution < 1.29 is 9.90 Å². The normalized spacial score (nSPS) is 25.1. The Kier molecular flexibility index (Phi) is 2.47. The molecule has 1 heterocycles. The zero-order valence-electron chi connectivity index (χ0n) is 9.90. The van der Waals surface area contributed by atoms with Gasteiger partial charge in [0.25, 0.3) is 0 Å². The summed E-state index contributed by atoms with van der Waals surface area (Å²) in [5.41, 5.74) is 1.83. The van der Waals surface area contributed by atoms with Crippen LogP contribution in [0, 0.1) is 0 Å². The fourth-order valence-corrected chi connectivity index (χ4v) is 4.30. The molecule has 1 atom stereocenters. The van der Waals surface area contributed by atoms with E-state index < -0.39 is 11.4 Å². The number of benzene rings is 1. The minimum Gasteiger partial charge on any atom is -0.481 e. The number of carboxylic acids is 1. The van der Waals surface area contributed by atoms with Gasteiger partial charge in [0.2, 0.25) is 0 Å². The van der Waals surface area contributed by atoms with E-state index in [0.29, 0.717) is 5.25 Å². The van der Waals surface area contributed by atoms with Crippen LogP contribution < -0.4 is 0 Å². The van der Waals surface area contributed by atoms with Crippen LogP contribution in [-0.2, 0) is 16.6 Å². The molecule has 0 saturated heterocycles. The molecule has 1 fully saturated rings. The summed E-state index contributed by atoms with van der Waals surface area (Å²) in [7, 11) is 0. The maximum absolute atomic E-state index is 11.6. The molecule has 1 N–H and O–H groups in total. The van der Waals surface area contributed by atoms with Crippen LogP contribution in [0.3, 0.4) is 0 Å². The number of thioether (sulfide) groups is 1. The first kappa shape index (κ1) is 11.1. The maximum atomic E-state index is 11.6. The van der Waals surface area contributed by atoms with Gasteiger partial charge in [-0.05, 0) is 30.4 Å². The Bertz CT molecular complexity index is 477. The van der Waals surface area contributed by atoms with Gasteiger partial charge < -0.3 is 5.11 Å². The average molecular weight is 248 g/mol. The predicted octanol–water partition coefficient (Wildman–Crippen LogP) is 3.23. The third-order valence-electron chi connectivity index (χ3n) is 4.06. The summed E-state index contributed by atoms with van der Waals surface area (Å²) in [5.74, 6) is -0.641. The smallest absolute Gasteiger partial charge is 0.314 e. The number of carbonyl (C=O) groups is 1. The molecule has 0 amide bonds. The highest BCUT2D eigenvalue weighted by Crippen LogP contribution is 2.50.